The number of hydrogen-bond donors (Lipinski definition) is 1. The first kappa shape index (κ1) is 15.7. The number of pyridine rings is 1. The molecule has 0 fully saturated rings. The van der Waals surface area contributed by atoms with Gasteiger partial charge in [0.1, 0.15) is 17.2 Å². The average molecular weight is 323 g/mol. The summed E-state index contributed by atoms with van der Waals surface area (Å²) < 4.78 is 6.18. The second-order valence-corrected chi connectivity index (χ2v) is 5.97. The molecule has 0 atom stereocenters. The number of hydrogen-bond acceptors (Lipinski definition) is 5. The molecule has 1 aromatic heterocycles. The Balaban J connectivity index is 2.07. The SMILES string of the molecule is CC(C)(Oc1ccc([N+](=O)[O-])c2ccccc12)c1ccnc(N)c1. The fourth-order valence-electron chi connectivity index (χ4n) is 2.66. The summed E-state index contributed by atoms with van der Waals surface area (Å²) in [5, 5.41) is 12.5. The van der Waals surface area contributed by atoms with Gasteiger partial charge in [-0.25, -0.2) is 4.98 Å². The summed E-state index contributed by atoms with van der Waals surface area (Å²) in [4.78, 5) is 14.8. The van der Waals surface area contributed by atoms with Crippen molar-refractivity contribution in [2.24, 2.45) is 0 Å². The van der Waals surface area contributed by atoms with Gasteiger partial charge in [-0.3, -0.25) is 10.1 Å². The van der Waals surface area contributed by atoms with Crippen LogP contribution in [0.4, 0.5) is 11.5 Å². The lowest BCUT2D eigenvalue weighted by atomic mass is 9.98. The number of non-ortho nitro benzene ring substituents is 1. The van der Waals surface area contributed by atoms with Gasteiger partial charge in [-0.05, 0) is 43.7 Å². The first-order valence-corrected chi connectivity index (χ1v) is 7.45. The van der Waals surface area contributed by atoms with Crippen LogP contribution >= 0.6 is 0 Å². The van der Waals surface area contributed by atoms with Crippen LogP contribution in [0.15, 0.2) is 54.7 Å². The van der Waals surface area contributed by atoms with Crippen molar-refractivity contribution in [2.45, 2.75) is 19.4 Å². The molecule has 0 spiro atoms. The largest absolute Gasteiger partial charge is 0.483 e. The van der Waals surface area contributed by atoms with Crippen LogP contribution in [-0.2, 0) is 5.60 Å². The van der Waals surface area contributed by atoms with E-state index in [1.54, 1.807) is 30.5 Å². The van der Waals surface area contributed by atoms with Gasteiger partial charge in [0.25, 0.3) is 5.69 Å². The Kier molecular flexibility index (Phi) is 3.81. The highest BCUT2D eigenvalue weighted by molar-refractivity contribution is 5.95. The molecule has 0 aliphatic rings. The molecule has 122 valence electrons. The van der Waals surface area contributed by atoms with Gasteiger partial charge in [-0.2, -0.15) is 0 Å². The first-order valence-electron chi connectivity index (χ1n) is 7.45. The van der Waals surface area contributed by atoms with Gasteiger partial charge < -0.3 is 10.5 Å². The Morgan fingerprint density at radius 1 is 1.12 bits per heavy atom. The minimum atomic E-state index is -0.671. The maximum Gasteiger partial charge on any atom is 0.277 e. The zero-order valence-electron chi connectivity index (χ0n) is 13.4. The Morgan fingerprint density at radius 2 is 1.83 bits per heavy atom. The molecular weight excluding hydrogens is 306 g/mol. The van der Waals surface area contributed by atoms with Crippen molar-refractivity contribution >= 4 is 22.3 Å². The second kappa shape index (κ2) is 5.81. The van der Waals surface area contributed by atoms with Crippen molar-refractivity contribution in [1.29, 1.82) is 0 Å². The standard InChI is InChI=1S/C18H17N3O3/c1-18(2,12-9-10-20-17(19)11-12)24-16-8-7-15(21(22)23)13-5-3-4-6-14(13)16/h3-11H,1-2H3,(H2,19,20). The van der Waals surface area contributed by atoms with Crippen molar-refractivity contribution < 1.29 is 9.66 Å². The number of nitrogens with two attached hydrogens (primary N) is 1. The third-order valence-corrected chi connectivity index (χ3v) is 3.90. The molecule has 0 saturated carbocycles. The predicted octanol–water partition coefficient (Wildman–Crippen LogP) is 4.04. The second-order valence-electron chi connectivity index (χ2n) is 5.97. The minimum Gasteiger partial charge on any atom is -0.483 e. The van der Waals surface area contributed by atoms with Crippen molar-refractivity contribution in [3.8, 4) is 5.75 Å². The molecule has 0 bridgehead atoms. The molecule has 6 heteroatoms. The van der Waals surface area contributed by atoms with Gasteiger partial charge >= 0.3 is 0 Å². The van der Waals surface area contributed by atoms with E-state index in [0.29, 0.717) is 22.3 Å². The summed E-state index contributed by atoms with van der Waals surface area (Å²) >= 11 is 0. The molecule has 1 heterocycles. The van der Waals surface area contributed by atoms with Gasteiger partial charge in [0.15, 0.2) is 0 Å². The summed E-state index contributed by atoms with van der Waals surface area (Å²) in [6.45, 7) is 3.83. The highest BCUT2D eigenvalue weighted by Gasteiger charge is 2.25. The molecule has 3 aromatic rings. The number of anilines is 1. The number of aromatic nitrogens is 1. The molecule has 3 rings (SSSR count). The summed E-state index contributed by atoms with van der Waals surface area (Å²) in [6, 6.07) is 13.8. The molecule has 2 N–H and O–H groups in total. The van der Waals surface area contributed by atoms with Crippen LogP contribution in [0.25, 0.3) is 10.8 Å². The maximum absolute atomic E-state index is 11.2. The fourth-order valence-corrected chi connectivity index (χ4v) is 2.66. The zero-order valence-corrected chi connectivity index (χ0v) is 13.4. The lowest BCUT2D eigenvalue weighted by Gasteiger charge is -2.27. The molecule has 0 amide bonds. The maximum atomic E-state index is 11.2. The smallest absolute Gasteiger partial charge is 0.277 e. The summed E-state index contributed by atoms with van der Waals surface area (Å²) in [7, 11) is 0. The Bertz CT molecular complexity index is 922. The van der Waals surface area contributed by atoms with Crippen LogP contribution < -0.4 is 10.5 Å². The predicted molar refractivity (Wildman–Crippen MR) is 92.9 cm³/mol. The van der Waals surface area contributed by atoms with Gasteiger partial charge in [0.05, 0.1) is 10.3 Å². The van der Waals surface area contributed by atoms with Gasteiger partial charge in [0.2, 0.25) is 0 Å². The molecule has 0 radical (unpaired) electrons. The van der Waals surface area contributed by atoms with Crippen molar-refractivity contribution in [2.75, 3.05) is 5.73 Å². The van der Waals surface area contributed by atoms with Crippen LogP contribution in [0.5, 0.6) is 5.75 Å². The lowest BCUT2D eigenvalue weighted by molar-refractivity contribution is -0.383. The van der Waals surface area contributed by atoms with Crippen LogP contribution in [0.3, 0.4) is 0 Å². The number of nitro benzene ring substituents is 1. The molecule has 24 heavy (non-hydrogen) atoms. The Labute approximate surface area is 139 Å². The van der Waals surface area contributed by atoms with Gasteiger partial charge in [-0.1, -0.05) is 18.2 Å². The Morgan fingerprint density at radius 3 is 2.50 bits per heavy atom. The number of benzene rings is 2. The third kappa shape index (κ3) is 2.86. The molecule has 0 aliphatic carbocycles. The fraction of sp³-hybridized carbons (Fsp3) is 0.167. The number of fused-ring (bicyclic) bond motifs is 1. The monoisotopic (exact) mass is 323 g/mol. The number of nitrogens with zero attached hydrogens (tertiary/aromatic N) is 2. The van der Waals surface area contributed by atoms with E-state index in [0.717, 1.165) is 5.56 Å². The molecule has 6 nitrogen and oxygen atoms in total. The zero-order chi connectivity index (χ0) is 17.3. The summed E-state index contributed by atoms with van der Waals surface area (Å²) in [6.07, 6.45) is 1.63. The van der Waals surface area contributed by atoms with E-state index in [1.165, 1.54) is 6.07 Å². The molecular formula is C18H17N3O3. The Hall–Kier alpha value is -3.15. The highest BCUT2D eigenvalue weighted by atomic mass is 16.6. The summed E-state index contributed by atoms with van der Waals surface area (Å²) in [5.41, 5.74) is 6.01. The van der Waals surface area contributed by atoms with Crippen LogP contribution in [-0.4, -0.2) is 9.91 Å². The van der Waals surface area contributed by atoms with E-state index in [4.69, 9.17) is 10.5 Å². The quantitative estimate of drug-likeness (QED) is 0.578. The topological polar surface area (TPSA) is 91.3 Å². The first-order chi connectivity index (χ1) is 11.4. The van der Waals surface area contributed by atoms with E-state index >= 15 is 0 Å². The number of nitro groups is 1. The highest BCUT2D eigenvalue weighted by Crippen LogP contribution is 2.36. The number of nitrogen functional groups attached to an aromatic ring is 1. The molecule has 0 aliphatic heterocycles. The van der Waals surface area contributed by atoms with Crippen molar-refractivity contribution in [3.63, 3.8) is 0 Å². The van der Waals surface area contributed by atoms with Crippen LogP contribution in [0.1, 0.15) is 19.4 Å². The number of ether oxygens (including phenoxy) is 1. The third-order valence-electron chi connectivity index (χ3n) is 3.90. The van der Waals surface area contributed by atoms with Crippen molar-refractivity contribution in [3.05, 3.63) is 70.4 Å². The van der Waals surface area contributed by atoms with Crippen LogP contribution in [0.2, 0.25) is 0 Å². The number of rotatable bonds is 4. The van der Waals surface area contributed by atoms with Crippen LogP contribution in [0, 0.1) is 10.1 Å². The molecule has 0 unspecified atom stereocenters. The molecule has 0 saturated heterocycles. The average Bonchev–Trinajstić information content (AvgIpc) is 2.54. The van der Waals surface area contributed by atoms with E-state index in [-0.39, 0.29) is 10.6 Å². The lowest BCUT2D eigenvalue weighted by Crippen LogP contribution is -2.25. The molecule has 2 aromatic carbocycles. The van der Waals surface area contributed by atoms with E-state index in [1.807, 2.05) is 32.0 Å². The summed E-state index contributed by atoms with van der Waals surface area (Å²) in [5.74, 6) is 0.995. The van der Waals surface area contributed by atoms with E-state index in [2.05, 4.69) is 4.98 Å². The van der Waals surface area contributed by atoms with Gasteiger partial charge in [0, 0.05) is 17.6 Å². The normalized spacial score (nSPS) is 11.4. The van der Waals surface area contributed by atoms with Gasteiger partial charge in [-0.15, -0.1) is 0 Å². The van der Waals surface area contributed by atoms with E-state index < -0.39 is 5.60 Å². The van der Waals surface area contributed by atoms with E-state index in [9.17, 15) is 10.1 Å². The van der Waals surface area contributed by atoms with Crippen molar-refractivity contribution in [1.82, 2.24) is 4.98 Å². The minimum absolute atomic E-state index is 0.0592.